The highest BCUT2D eigenvalue weighted by molar-refractivity contribution is 6.31. The number of hydrogen-bond acceptors (Lipinski definition) is 6. The van der Waals surface area contributed by atoms with Gasteiger partial charge in [0, 0.05) is 54.9 Å². The SMILES string of the molecule is CCCCC(C(N)=O)(c1c(C)n(C(=O)c2cccc(Cl)c2)c2ccc(O)c(F)c12)C(C(=O)NC(C)C)c1c(C)n(C(=O)c2cccc(Cl)c2)c2ccc(O)c(F)c12. The Labute approximate surface area is 336 Å². The van der Waals surface area contributed by atoms with E-state index in [1.165, 1.54) is 50.2 Å². The molecule has 0 saturated heterocycles. The predicted octanol–water partition coefficient (Wildman–Crippen LogP) is 8.81. The lowest BCUT2D eigenvalue weighted by molar-refractivity contribution is -0.132. The number of nitrogens with two attached hydrogens (primary N) is 1. The molecule has 2 atom stereocenters. The van der Waals surface area contributed by atoms with Crippen molar-refractivity contribution in [3.63, 3.8) is 0 Å². The third kappa shape index (κ3) is 6.80. The van der Waals surface area contributed by atoms with E-state index in [-0.39, 0.29) is 78.3 Å². The van der Waals surface area contributed by atoms with Gasteiger partial charge in [0.15, 0.2) is 23.1 Å². The number of benzene rings is 4. The minimum Gasteiger partial charge on any atom is -0.505 e. The molecule has 10 nitrogen and oxygen atoms in total. The van der Waals surface area contributed by atoms with Crippen molar-refractivity contribution in [2.45, 2.75) is 71.3 Å². The molecular weight excluding hydrogens is 777 g/mol. The zero-order valence-electron chi connectivity index (χ0n) is 31.7. The van der Waals surface area contributed by atoms with Gasteiger partial charge in [-0.2, -0.15) is 0 Å². The number of rotatable bonds is 11. The molecule has 0 aliphatic rings. The first-order valence-corrected chi connectivity index (χ1v) is 19.0. The molecule has 296 valence electrons. The normalized spacial score (nSPS) is 13.2. The van der Waals surface area contributed by atoms with Crippen LogP contribution in [0.1, 0.15) is 89.2 Å². The van der Waals surface area contributed by atoms with Crippen LogP contribution in [-0.2, 0) is 15.0 Å². The topological polar surface area (TPSA) is 157 Å². The second-order valence-corrected chi connectivity index (χ2v) is 15.3. The summed E-state index contributed by atoms with van der Waals surface area (Å²) in [5.74, 6) is -9.19. The van der Waals surface area contributed by atoms with Crippen molar-refractivity contribution in [3.05, 3.63) is 128 Å². The van der Waals surface area contributed by atoms with Crippen LogP contribution < -0.4 is 11.1 Å². The van der Waals surface area contributed by atoms with Crippen molar-refractivity contribution >= 4 is 68.6 Å². The molecule has 0 bridgehead atoms. The van der Waals surface area contributed by atoms with Crippen molar-refractivity contribution in [1.82, 2.24) is 14.5 Å². The second kappa shape index (κ2) is 15.7. The lowest BCUT2D eigenvalue weighted by atomic mass is 9.62. The Balaban J connectivity index is 1.83. The molecule has 6 rings (SSSR count). The van der Waals surface area contributed by atoms with Crippen LogP contribution in [-0.4, -0.2) is 49.0 Å². The summed E-state index contributed by atoms with van der Waals surface area (Å²) < 4.78 is 35.8. The largest absolute Gasteiger partial charge is 0.505 e. The summed E-state index contributed by atoms with van der Waals surface area (Å²) in [6, 6.07) is 16.2. The summed E-state index contributed by atoms with van der Waals surface area (Å²) in [6.45, 7) is 8.06. The van der Waals surface area contributed by atoms with E-state index in [1.54, 1.807) is 38.1 Å². The third-order valence-corrected chi connectivity index (χ3v) is 10.9. The molecular formula is C43H40Cl2F2N4O6. The van der Waals surface area contributed by atoms with Crippen LogP contribution in [0.4, 0.5) is 8.78 Å². The van der Waals surface area contributed by atoms with Crippen molar-refractivity contribution in [2.75, 3.05) is 0 Å². The number of carbonyl (C=O) groups is 4. The number of halogens is 4. The van der Waals surface area contributed by atoms with Gasteiger partial charge >= 0.3 is 0 Å². The first-order chi connectivity index (χ1) is 27.0. The standard InChI is InChI=1S/C43H40Cl2F2N4O6/c1-6-7-18-43(42(48)57,35-23(5)51(29-15-17-31(53)38(47)34(29)35)41(56)25-11-9-13-27(45)20-25)36(39(54)49-21(2)3)32-22(4)50(28-14-16-30(52)37(46)33(28)32)40(55)24-10-8-12-26(44)19-24/h8-17,19-21,36,52-53H,6-7,18H2,1-5H3,(H2,48,57)(H,49,54). The molecule has 0 saturated carbocycles. The molecule has 57 heavy (non-hydrogen) atoms. The first kappa shape index (κ1) is 40.9. The van der Waals surface area contributed by atoms with Crippen LogP contribution in [0.15, 0.2) is 72.8 Å². The molecule has 0 radical (unpaired) electrons. The quantitative estimate of drug-likeness (QED) is 0.102. The fourth-order valence-electron chi connectivity index (χ4n) is 8.08. The summed E-state index contributed by atoms with van der Waals surface area (Å²) >= 11 is 12.5. The molecule has 6 aromatic rings. The van der Waals surface area contributed by atoms with Gasteiger partial charge in [0.25, 0.3) is 11.8 Å². The van der Waals surface area contributed by atoms with E-state index in [0.717, 1.165) is 21.3 Å². The van der Waals surface area contributed by atoms with E-state index in [9.17, 15) is 24.6 Å². The molecule has 0 fully saturated rings. The van der Waals surface area contributed by atoms with E-state index < -0.39 is 64.1 Å². The predicted molar refractivity (Wildman–Crippen MR) is 215 cm³/mol. The number of unbranched alkanes of at least 4 members (excludes halogenated alkanes) is 1. The maximum Gasteiger partial charge on any atom is 0.262 e. The summed E-state index contributed by atoms with van der Waals surface area (Å²) in [4.78, 5) is 58.6. The van der Waals surface area contributed by atoms with E-state index in [4.69, 9.17) is 28.9 Å². The van der Waals surface area contributed by atoms with Gasteiger partial charge in [-0.05, 0) is 100 Å². The van der Waals surface area contributed by atoms with Crippen LogP contribution in [0.2, 0.25) is 10.0 Å². The monoisotopic (exact) mass is 816 g/mol. The van der Waals surface area contributed by atoms with Crippen molar-refractivity contribution < 1.29 is 38.2 Å². The smallest absolute Gasteiger partial charge is 0.262 e. The van der Waals surface area contributed by atoms with Crippen LogP contribution in [0.3, 0.4) is 0 Å². The molecule has 2 aromatic heterocycles. The van der Waals surface area contributed by atoms with Gasteiger partial charge in [-0.15, -0.1) is 0 Å². The highest BCUT2D eigenvalue weighted by atomic mass is 35.5. The Bertz CT molecular complexity index is 2630. The second-order valence-electron chi connectivity index (χ2n) is 14.4. The van der Waals surface area contributed by atoms with Crippen LogP contribution in [0, 0.1) is 25.5 Å². The summed E-state index contributed by atoms with van der Waals surface area (Å²) in [5.41, 5.74) is 3.89. The zero-order valence-corrected chi connectivity index (χ0v) is 33.2. The number of aromatic nitrogens is 2. The van der Waals surface area contributed by atoms with Crippen molar-refractivity contribution in [3.8, 4) is 11.5 Å². The fourth-order valence-corrected chi connectivity index (χ4v) is 8.46. The van der Waals surface area contributed by atoms with Crippen molar-refractivity contribution in [2.24, 2.45) is 5.73 Å². The Hall–Kier alpha value is -5.72. The Morgan fingerprint density at radius 1 is 0.789 bits per heavy atom. The van der Waals surface area contributed by atoms with E-state index in [2.05, 4.69) is 5.32 Å². The number of primary amides is 1. The van der Waals surface area contributed by atoms with Gasteiger partial charge in [0.05, 0.1) is 22.4 Å². The minimum absolute atomic E-state index is 0.00330. The third-order valence-electron chi connectivity index (χ3n) is 10.5. The number of phenols is 2. The maximum absolute atomic E-state index is 16.8. The number of phenolic OH excluding ortho intramolecular Hbond substituents is 2. The molecule has 14 heteroatoms. The van der Waals surface area contributed by atoms with Gasteiger partial charge in [-0.3, -0.25) is 28.3 Å². The van der Waals surface area contributed by atoms with Gasteiger partial charge in [0.1, 0.15) is 0 Å². The van der Waals surface area contributed by atoms with Gasteiger partial charge in [0.2, 0.25) is 11.8 Å². The number of amides is 2. The van der Waals surface area contributed by atoms with E-state index in [1.807, 2.05) is 6.92 Å². The Kier molecular flexibility index (Phi) is 11.3. The number of aromatic hydroxyl groups is 2. The number of hydrogen-bond donors (Lipinski definition) is 4. The maximum atomic E-state index is 16.8. The molecule has 2 unspecified atom stereocenters. The number of fused-ring (bicyclic) bond motifs is 2. The lowest BCUT2D eigenvalue weighted by Gasteiger charge is -2.39. The van der Waals surface area contributed by atoms with Crippen LogP contribution in [0.25, 0.3) is 21.8 Å². The first-order valence-electron chi connectivity index (χ1n) is 18.2. The van der Waals surface area contributed by atoms with E-state index >= 15 is 13.6 Å². The van der Waals surface area contributed by atoms with Crippen LogP contribution >= 0.6 is 23.2 Å². The Morgan fingerprint density at radius 3 is 1.75 bits per heavy atom. The van der Waals surface area contributed by atoms with Crippen molar-refractivity contribution in [1.29, 1.82) is 0 Å². The van der Waals surface area contributed by atoms with Gasteiger partial charge < -0.3 is 21.3 Å². The summed E-state index contributed by atoms with van der Waals surface area (Å²) in [7, 11) is 0. The van der Waals surface area contributed by atoms with E-state index in [0.29, 0.717) is 6.42 Å². The van der Waals surface area contributed by atoms with Crippen LogP contribution in [0.5, 0.6) is 11.5 Å². The molecule has 0 spiro atoms. The highest BCUT2D eigenvalue weighted by Crippen LogP contribution is 2.52. The molecule has 0 aliphatic heterocycles. The van der Waals surface area contributed by atoms with Gasteiger partial charge in [-0.1, -0.05) is 55.1 Å². The average molecular weight is 818 g/mol. The lowest BCUT2D eigenvalue weighted by Crippen LogP contribution is -2.53. The molecule has 0 aliphatic carbocycles. The zero-order chi connectivity index (χ0) is 41.7. The summed E-state index contributed by atoms with van der Waals surface area (Å²) in [5, 5.41) is 24.2. The Morgan fingerprint density at radius 2 is 1.28 bits per heavy atom. The average Bonchev–Trinajstić information content (AvgIpc) is 3.62. The summed E-state index contributed by atoms with van der Waals surface area (Å²) in [6.07, 6.45) is 0.393. The minimum atomic E-state index is -2.31. The van der Waals surface area contributed by atoms with Gasteiger partial charge in [-0.25, -0.2) is 8.78 Å². The number of carbonyl (C=O) groups excluding carboxylic acids is 4. The molecule has 2 heterocycles. The fraction of sp³-hybridized carbons (Fsp3) is 0.256. The number of nitrogens with one attached hydrogen (secondary N) is 1. The number of nitrogens with zero attached hydrogens (tertiary/aromatic N) is 2. The molecule has 5 N–H and O–H groups in total. The molecule has 4 aromatic carbocycles. The molecule has 2 amide bonds. The highest BCUT2D eigenvalue weighted by Gasteiger charge is 2.55.